The van der Waals surface area contributed by atoms with Crippen molar-refractivity contribution in [1.82, 2.24) is 0 Å². The SMILES string of the molecule is CC1=[C-]C(C)C2=C1CCCC2.CO.CO.CO.[Ti]. The zero-order valence-corrected chi connectivity index (χ0v) is 13.8. The molecular formula is C14H27O3Ti-. The Morgan fingerprint density at radius 1 is 0.944 bits per heavy atom. The van der Waals surface area contributed by atoms with Crippen molar-refractivity contribution in [3.63, 3.8) is 0 Å². The van der Waals surface area contributed by atoms with E-state index >= 15 is 0 Å². The van der Waals surface area contributed by atoms with Gasteiger partial charge in [-0.3, -0.25) is 6.08 Å². The van der Waals surface area contributed by atoms with Gasteiger partial charge < -0.3 is 15.3 Å². The van der Waals surface area contributed by atoms with Crippen LogP contribution in [0.5, 0.6) is 0 Å². The molecule has 4 heteroatoms. The van der Waals surface area contributed by atoms with E-state index in [2.05, 4.69) is 19.9 Å². The second-order valence-electron chi connectivity index (χ2n) is 3.70. The first-order chi connectivity index (χ1) is 8.29. The zero-order valence-electron chi connectivity index (χ0n) is 12.2. The minimum absolute atomic E-state index is 0. The maximum atomic E-state index is 7.00. The fraction of sp³-hybridized carbons (Fsp3) is 0.714. The largest absolute Gasteiger partial charge is 0.400 e. The van der Waals surface area contributed by atoms with E-state index < -0.39 is 0 Å². The molecule has 2 aliphatic rings. The Hall–Kier alpha value is 0.0743. The number of allylic oxidation sites excluding steroid dienone is 4. The molecular weight excluding hydrogens is 264 g/mol. The first-order valence-electron chi connectivity index (χ1n) is 5.95. The Labute approximate surface area is 126 Å². The molecule has 0 heterocycles. The third-order valence-electron chi connectivity index (χ3n) is 2.92. The van der Waals surface area contributed by atoms with Crippen LogP contribution in [0.4, 0.5) is 0 Å². The molecule has 0 aliphatic heterocycles. The Balaban J connectivity index is -0.000000285. The summed E-state index contributed by atoms with van der Waals surface area (Å²) in [6.45, 7) is 4.49. The van der Waals surface area contributed by atoms with E-state index in [9.17, 15) is 0 Å². The number of rotatable bonds is 0. The molecule has 3 nitrogen and oxygen atoms in total. The van der Waals surface area contributed by atoms with E-state index in [-0.39, 0.29) is 21.7 Å². The van der Waals surface area contributed by atoms with Crippen molar-refractivity contribution in [2.45, 2.75) is 39.5 Å². The molecule has 2 aliphatic carbocycles. The van der Waals surface area contributed by atoms with Gasteiger partial charge in [-0.1, -0.05) is 39.0 Å². The van der Waals surface area contributed by atoms with Gasteiger partial charge in [0.2, 0.25) is 0 Å². The van der Waals surface area contributed by atoms with Crippen LogP contribution in [-0.4, -0.2) is 36.6 Å². The van der Waals surface area contributed by atoms with E-state index in [0.29, 0.717) is 5.92 Å². The van der Waals surface area contributed by atoms with Crippen LogP contribution in [-0.2, 0) is 21.7 Å². The maximum Gasteiger partial charge on any atom is 0.0319 e. The quantitative estimate of drug-likeness (QED) is 0.473. The van der Waals surface area contributed by atoms with Gasteiger partial charge in [0.15, 0.2) is 0 Å². The summed E-state index contributed by atoms with van der Waals surface area (Å²) in [5.74, 6) is 0.630. The minimum atomic E-state index is 0. The summed E-state index contributed by atoms with van der Waals surface area (Å²) in [4.78, 5) is 0. The molecule has 1 atom stereocenters. The van der Waals surface area contributed by atoms with Gasteiger partial charge in [0.1, 0.15) is 0 Å². The molecule has 0 amide bonds. The van der Waals surface area contributed by atoms with Gasteiger partial charge in [0.25, 0.3) is 0 Å². The number of hydrogen-bond donors (Lipinski definition) is 3. The molecule has 0 fully saturated rings. The fourth-order valence-electron chi connectivity index (χ4n) is 2.33. The summed E-state index contributed by atoms with van der Waals surface area (Å²) in [6.07, 6.45) is 8.95. The van der Waals surface area contributed by atoms with Gasteiger partial charge in [-0.05, 0) is 6.42 Å². The molecule has 18 heavy (non-hydrogen) atoms. The molecule has 0 aromatic heterocycles. The number of aliphatic hydroxyl groups excluding tert-OH is 3. The molecule has 106 valence electrons. The average Bonchev–Trinajstić information content (AvgIpc) is 2.73. The monoisotopic (exact) mass is 291 g/mol. The van der Waals surface area contributed by atoms with Crippen LogP contribution in [0.1, 0.15) is 39.5 Å². The van der Waals surface area contributed by atoms with E-state index in [0.717, 1.165) is 21.3 Å². The molecule has 3 N–H and O–H groups in total. The van der Waals surface area contributed by atoms with E-state index in [1.165, 1.54) is 31.3 Å². The van der Waals surface area contributed by atoms with Crippen LogP contribution in [0.25, 0.3) is 0 Å². The van der Waals surface area contributed by atoms with Crippen molar-refractivity contribution in [3.05, 3.63) is 22.8 Å². The molecule has 0 aromatic carbocycles. The van der Waals surface area contributed by atoms with Crippen molar-refractivity contribution < 1.29 is 37.0 Å². The molecule has 0 bridgehead atoms. The Kier molecular flexibility index (Phi) is 19.5. The summed E-state index contributed by atoms with van der Waals surface area (Å²) in [5, 5.41) is 21.0. The summed E-state index contributed by atoms with van der Waals surface area (Å²) >= 11 is 0. The smallest absolute Gasteiger partial charge is 0.0319 e. The first-order valence-corrected chi connectivity index (χ1v) is 5.95. The molecule has 0 aromatic rings. The summed E-state index contributed by atoms with van der Waals surface area (Å²) < 4.78 is 0. The van der Waals surface area contributed by atoms with Gasteiger partial charge in [0, 0.05) is 43.0 Å². The zero-order chi connectivity index (χ0) is 13.8. The fourth-order valence-corrected chi connectivity index (χ4v) is 2.33. The van der Waals surface area contributed by atoms with Crippen LogP contribution < -0.4 is 0 Å². The van der Waals surface area contributed by atoms with Crippen LogP contribution in [0.3, 0.4) is 0 Å². The van der Waals surface area contributed by atoms with E-state index in [1.54, 1.807) is 11.1 Å². The average molecular weight is 291 g/mol. The maximum absolute atomic E-state index is 7.00. The van der Waals surface area contributed by atoms with Gasteiger partial charge >= 0.3 is 0 Å². The normalized spacial score (nSPS) is 19.6. The van der Waals surface area contributed by atoms with Crippen LogP contribution in [0, 0.1) is 12.0 Å². The van der Waals surface area contributed by atoms with Crippen molar-refractivity contribution in [2.24, 2.45) is 5.92 Å². The second kappa shape index (κ2) is 15.1. The van der Waals surface area contributed by atoms with Crippen molar-refractivity contribution in [1.29, 1.82) is 0 Å². The van der Waals surface area contributed by atoms with Gasteiger partial charge in [-0.25, -0.2) is 5.57 Å². The minimum Gasteiger partial charge on any atom is -0.400 e. The van der Waals surface area contributed by atoms with E-state index in [1.807, 2.05) is 0 Å². The number of aliphatic hydroxyl groups is 3. The predicted octanol–water partition coefficient (Wildman–Crippen LogP) is 2.08. The Morgan fingerprint density at radius 3 is 1.83 bits per heavy atom. The first kappa shape index (κ1) is 23.2. The van der Waals surface area contributed by atoms with Crippen LogP contribution in [0.2, 0.25) is 0 Å². The third kappa shape index (κ3) is 6.86. The molecule has 0 saturated heterocycles. The molecule has 0 saturated carbocycles. The van der Waals surface area contributed by atoms with Crippen molar-refractivity contribution >= 4 is 0 Å². The molecule has 0 radical (unpaired) electrons. The van der Waals surface area contributed by atoms with Crippen molar-refractivity contribution in [3.8, 4) is 0 Å². The van der Waals surface area contributed by atoms with Crippen molar-refractivity contribution in [2.75, 3.05) is 21.3 Å². The van der Waals surface area contributed by atoms with Gasteiger partial charge in [-0.2, -0.15) is 11.1 Å². The van der Waals surface area contributed by atoms with Crippen LogP contribution >= 0.6 is 0 Å². The Morgan fingerprint density at radius 2 is 1.39 bits per heavy atom. The standard InChI is InChI=1S/C11H15.3CH4O.Ti/c1-8-7-9(2)11-6-4-3-5-10(8)11;3*1-2;/h8H,3-6H2,1-2H3;3*2H,1H3;/q-1;;;;. The summed E-state index contributed by atoms with van der Waals surface area (Å²) in [7, 11) is 3.00. The second-order valence-corrected chi connectivity index (χ2v) is 3.70. The molecule has 0 spiro atoms. The third-order valence-corrected chi connectivity index (χ3v) is 2.92. The molecule has 1 unspecified atom stereocenters. The van der Waals surface area contributed by atoms with Gasteiger partial charge in [0.05, 0.1) is 0 Å². The predicted molar refractivity (Wildman–Crippen MR) is 71.5 cm³/mol. The number of hydrogen-bond acceptors (Lipinski definition) is 3. The molecule has 2 rings (SSSR count). The van der Waals surface area contributed by atoms with Gasteiger partial charge in [-0.15, -0.1) is 0 Å². The summed E-state index contributed by atoms with van der Waals surface area (Å²) in [6, 6.07) is 0. The van der Waals surface area contributed by atoms with E-state index in [4.69, 9.17) is 15.3 Å². The summed E-state index contributed by atoms with van der Waals surface area (Å²) in [5.41, 5.74) is 4.77. The Bertz CT molecular complexity index is 247. The van der Waals surface area contributed by atoms with Crippen LogP contribution in [0.15, 0.2) is 16.7 Å². The topological polar surface area (TPSA) is 60.7 Å².